The maximum absolute atomic E-state index is 12.5. The van der Waals surface area contributed by atoms with E-state index in [0.717, 1.165) is 32.4 Å². The first-order valence-electron chi connectivity index (χ1n) is 7.82. The molecule has 4 rings (SSSR count). The van der Waals surface area contributed by atoms with Gasteiger partial charge in [-0.2, -0.15) is 0 Å². The quantitative estimate of drug-likeness (QED) is 0.675. The Morgan fingerprint density at radius 3 is 3.11 bits per heavy atom. The van der Waals surface area contributed by atoms with Crippen LogP contribution in [0.3, 0.4) is 0 Å². The van der Waals surface area contributed by atoms with E-state index < -0.39 is 0 Å². The van der Waals surface area contributed by atoms with Gasteiger partial charge in [0.25, 0.3) is 0 Å². The summed E-state index contributed by atoms with van der Waals surface area (Å²) in [6.45, 7) is 4.35. The molecule has 3 heteroatoms. The highest BCUT2D eigenvalue weighted by Gasteiger charge is 2.61. The lowest BCUT2D eigenvalue weighted by Gasteiger charge is -2.63. The van der Waals surface area contributed by atoms with E-state index in [9.17, 15) is 9.90 Å². The van der Waals surface area contributed by atoms with E-state index in [1.165, 1.54) is 12.0 Å². The minimum absolute atomic E-state index is 0.0101. The number of aliphatic hydroxyl groups excluding tert-OH is 1. The molecule has 2 aliphatic heterocycles. The molecule has 1 saturated heterocycles. The lowest BCUT2D eigenvalue weighted by Crippen LogP contribution is -2.69. The molecule has 0 aromatic carbocycles. The molecule has 2 bridgehead atoms. The van der Waals surface area contributed by atoms with Gasteiger partial charge in [-0.05, 0) is 44.2 Å². The van der Waals surface area contributed by atoms with Crippen molar-refractivity contribution in [2.24, 2.45) is 17.8 Å². The van der Waals surface area contributed by atoms with Gasteiger partial charge in [-0.1, -0.05) is 13.0 Å². The highest BCUT2D eigenvalue weighted by molar-refractivity contribution is 5.88. The van der Waals surface area contributed by atoms with Gasteiger partial charge in [0.05, 0.1) is 6.10 Å². The van der Waals surface area contributed by atoms with Crippen LogP contribution in [0.1, 0.15) is 39.0 Å². The number of Topliss-reactive ketones (excluding diaryl/α,β-unsaturated/α-hetero) is 1. The molecule has 1 N–H and O–H groups in total. The first kappa shape index (κ1) is 12.1. The fourth-order valence-corrected chi connectivity index (χ4v) is 5.50. The van der Waals surface area contributed by atoms with E-state index >= 15 is 0 Å². The Labute approximate surface area is 114 Å². The Kier molecular flexibility index (Phi) is 2.50. The standard InChI is InChI=1S/C16H23NO2/c1-10-9-16-12-4-2-6-17(16)7-3-5-13(16)14(18)8-11(12)15(10)19/h4,10-11,13-14,18H,2-3,5-9H2,1H3/t10-,11+,13-,14-,16-/m1/s1. The van der Waals surface area contributed by atoms with Crippen LogP contribution in [-0.4, -0.2) is 40.5 Å². The van der Waals surface area contributed by atoms with E-state index in [1.54, 1.807) is 0 Å². The Balaban J connectivity index is 1.89. The van der Waals surface area contributed by atoms with Gasteiger partial charge in [0.15, 0.2) is 0 Å². The molecular formula is C16H23NO2. The minimum Gasteiger partial charge on any atom is -0.393 e. The van der Waals surface area contributed by atoms with Crippen LogP contribution in [-0.2, 0) is 4.79 Å². The van der Waals surface area contributed by atoms with Crippen LogP contribution in [0, 0.1) is 17.8 Å². The third-order valence-corrected chi connectivity index (χ3v) is 6.15. The summed E-state index contributed by atoms with van der Waals surface area (Å²) >= 11 is 0. The smallest absolute Gasteiger partial charge is 0.143 e. The van der Waals surface area contributed by atoms with Crippen molar-refractivity contribution in [3.8, 4) is 0 Å². The van der Waals surface area contributed by atoms with E-state index in [2.05, 4.69) is 17.9 Å². The van der Waals surface area contributed by atoms with E-state index in [0.29, 0.717) is 18.1 Å². The molecule has 0 aromatic heterocycles. The van der Waals surface area contributed by atoms with Crippen LogP contribution in [0.15, 0.2) is 11.6 Å². The summed E-state index contributed by atoms with van der Waals surface area (Å²) in [4.78, 5) is 15.1. The number of piperidine rings is 1. The summed E-state index contributed by atoms with van der Waals surface area (Å²) in [5.74, 6) is 0.910. The number of hydrogen-bond acceptors (Lipinski definition) is 3. The molecule has 104 valence electrons. The summed E-state index contributed by atoms with van der Waals surface area (Å²) in [5, 5.41) is 10.6. The van der Waals surface area contributed by atoms with Crippen molar-refractivity contribution in [3.05, 3.63) is 11.6 Å². The van der Waals surface area contributed by atoms with Gasteiger partial charge >= 0.3 is 0 Å². The molecule has 2 aliphatic carbocycles. The third kappa shape index (κ3) is 1.38. The normalized spacial score (nSPS) is 49.6. The van der Waals surface area contributed by atoms with Crippen molar-refractivity contribution in [2.75, 3.05) is 13.1 Å². The van der Waals surface area contributed by atoms with Crippen LogP contribution in [0.4, 0.5) is 0 Å². The highest BCUT2D eigenvalue weighted by Crippen LogP contribution is 2.57. The van der Waals surface area contributed by atoms with Crippen LogP contribution in [0.25, 0.3) is 0 Å². The van der Waals surface area contributed by atoms with E-state index in [1.807, 2.05) is 0 Å². The molecule has 19 heavy (non-hydrogen) atoms. The fourth-order valence-electron chi connectivity index (χ4n) is 5.50. The summed E-state index contributed by atoms with van der Waals surface area (Å²) in [5.41, 5.74) is 1.42. The van der Waals surface area contributed by atoms with Crippen molar-refractivity contribution < 1.29 is 9.90 Å². The second-order valence-corrected chi connectivity index (χ2v) is 6.97. The molecule has 3 nitrogen and oxygen atoms in total. The van der Waals surface area contributed by atoms with Crippen LogP contribution in [0.2, 0.25) is 0 Å². The summed E-state index contributed by atoms with van der Waals surface area (Å²) in [7, 11) is 0. The number of ketones is 1. The Bertz CT molecular complexity index is 458. The molecule has 3 fully saturated rings. The third-order valence-electron chi connectivity index (χ3n) is 6.15. The second kappa shape index (κ2) is 3.92. The molecule has 2 saturated carbocycles. The zero-order valence-electron chi connectivity index (χ0n) is 11.6. The molecular weight excluding hydrogens is 238 g/mol. The largest absolute Gasteiger partial charge is 0.393 e. The van der Waals surface area contributed by atoms with Crippen molar-refractivity contribution >= 4 is 5.78 Å². The Morgan fingerprint density at radius 1 is 1.42 bits per heavy atom. The summed E-state index contributed by atoms with van der Waals surface area (Å²) in [6, 6.07) is 0. The van der Waals surface area contributed by atoms with Gasteiger partial charge in [0, 0.05) is 29.8 Å². The Hall–Kier alpha value is -0.670. The average Bonchev–Trinajstić information content (AvgIpc) is 2.40. The molecule has 0 aromatic rings. The van der Waals surface area contributed by atoms with E-state index in [-0.39, 0.29) is 23.5 Å². The molecule has 1 spiro atoms. The first-order valence-corrected chi connectivity index (χ1v) is 7.82. The second-order valence-electron chi connectivity index (χ2n) is 6.97. The number of rotatable bonds is 0. The number of hydrogen-bond donors (Lipinski definition) is 1. The van der Waals surface area contributed by atoms with Crippen molar-refractivity contribution in [1.82, 2.24) is 4.90 Å². The maximum atomic E-state index is 12.5. The van der Waals surface area contributed by atoms with Gasteiger partial charge in [-0.15, -0.1) is 0 Å². The lowest BCUT2D eigenvalue weighted by atomic mass is 9.51. The maximum Gasteiger partial charge on any atom is 0.143 e. The Morgan fingerprint density at radius 2 is 2.26 bits per heavy atom. The summed E-state index contributed by atoms with van der Waals surface area (Å²) < 4.78 is 0. The highest BCUT2D eigenvalue weighted by atomic mass is 16.3. The van der Waals surface area contributed by atoms with Gasteiger partial charge in [0.1, 0.15) is 5.78 Å². The number of carbonyl (C=O) groups excluding carboxylic acids is 1. The topological polar surface area (TPSA) is 40.5 Å². The zero-order valence-corrected chi connectivity index (χ0v) is 11.6. The van der Waals surface area contributed by atoms with Crippen LogP contribution in [0.5, 0.6) is 0 Å². The number of carbonyl (C=O) groups is 1. The van der Waals surface area contributed by atoms with Crippen molar-refractivity contribution in [3.63, 3.8) is 0 Å². The van der Waals surface area contributed by atoms with Gasteiger partial charge in [0.2, 0.25) is 0 Å². The predicted octanol–water partition coefficient (Wildman–Crippen LogP) is 1.76. The molecule has 0 radical (unpaired) electrons. The van der Waals surface area contributed by atoms with E-state index in [4.69, 9.17) is 0 Å². The molecule has 0 amide bonds. The van der Waals surface area contributed by atoms with Crippen molar-refractivity contribution in [1.29, 1.82) is 0 Å². The first-order chi connectivity index (χ1) is 9.14. The monoisotopic (exact) mass is 261 g/mol. The van der Waals surface area contributed by atoms with Gasteiger partial charge < -0.3 is 5.11 Å². The number of nitrogens with zero attached hydrogens (tertiary/aromatic N) is 1. The minimum atomic E-state index is -0.278. The van der Waals surface area contributed by atoms with Crippen LogP contribution < -0.4 is 0 Å². The predicted molar refractivity (Wildman–Crippen MR) is 72.6 cm³/mol. The molecule has 2 heterocycles. The average molecular weight is 261 g/mol. The van der Waals surface area contributed by atoms with Gasteiger partial charge in [-0.25, -0.2) is 0 Å². The zero-order chi connectivity index (χ0) is 13.2. The SMILES string of the molecule is C[C@@H]1C[C@]23C4=CCCN2CCC[C@@H]3[C@H](O)C[C@@H]4C1=O. The molecule has 0 unspecified atom stereocenters. The van der Waals surface area contributed by atoms with Crippen LogP contribution >= 0.6 is 0 Å². The number of aliphatic hydroxyl groups is 1. The molecule has 4 aliphatic rings. The molecule has 5 atom stereocenters. The van der Waals surface area contributed by atoms with Crippen molar-refractivity contribution in [2.45, 2.75) is 50.7 Å². The van der Waals surface area contributed by atoms with Gasteiger partial charge in [-0.3, -0.25) is 9.69 Å². The fraction of sp³-hybridized carbons (Fsp3) is 0.812. The summed E-state index contributed by atoms with van der Waals surface area (Å²) in [6.07, 6.45) is 7.09. The lowest BCUT2D eigenvalue weighted by molar-refractivity contribution is -0.146.